The molecule has 0 aliphatic carbocycles. The van der Waals surface area contributed by atoms with Crippen molar-refractivity contribution in [3.8, 4) is 0 Å². The maximum Gasteiger partial charge on any atom is 0.0404 e. The summed E-state index contributed by atoms with van der Waals surface area (Å²) in [6, 6.07) is 6.66. The third kappa shape index (κ3) is 4.01. The Kier molecular flexibility index (Phi) is 5.27. The minimum Gasteiger partial charge on any atom is -0.371 e. The monoisotopic (exact) mass is 311 g/mol. The molecular formula is C16H26BrN. The van der Waals surface area contributed by atoms with Gasteiger partial charge in [-0.1, -0.05) is 50.5 Å². The van der Waals surface area contributed by atoms with Gasteiger partial charge in [-0.25, -0.2) is 0 Å². The van der Waals surface area contributed by atoms with E-state index in [1.54, 1.807) is 0 Å². The lowest BCUT2D eigenvalue weighted by Crippen LogP contribution is -2.30. The first-order valence-electron chi connectivity index (χ1n) is 6.80. The van der Waals surface area contributed by atoms with Gasteiger partial charge in [-0.15, -0.1) is 0 Å². The number of hydrogen-bond donors (Lipinski definition) is 0. The highest BCUT2D eigenvalue weighted by Crippen LogP contribution is 2.34. The summed E-state index contributed by atoms with van der Waals surface area (Å²) in [6.45, 7) is 15.8. The fraction of sp³-hybridized carbons (Fsp3) is 0.625. The Morgan fingerprint density at radius 1 is 1.22 bits per heavy atom. The highest BCUT2D eigenvalue weighted by molar-refractivity contribution is 9.10. The number of hydrogen-bond acceptors (Lipinski definition) is 1. The number of anilines is 1. The first-order valence-corrected chi connectivity index (χ1v) is 7.60. The van der Waals surface area contributed by atoms with Gasteiger partial charge in [0.25, 0.3) is 0 Å². The smallest absolute Gasteiger partial charge is 0.0404 e. The molecule has 0 amide bonds. The Hall–Kier alpha value is -0.500. The van der Waals surface area contributed by atoms with E-state index in [1.165, 1.54) is 11.3 Å². The maximum absolute atomic E-state index is 3.59. The predicted molar refractivity (Wildman–Crippen MR) is 85.6 cm³/mol. The fourth-order valence-corrected chi connectivity index (χ4v) is 2.58. The van der Waals surface area contributed by atoms with Crippen LogP contribution >= 0.6 is 15.9 Å². The molecule has 0 aliphatic rings. The molecule has 0 heterocycles. The van der Waals surface area contributed by atoms with Crippen LogP contribution in [0.3, 0.4) is 0 Å². The van der Waals surface area contributed by atoms with Crippen LogP contribution in [0.25, 0.3) is 0 Å². The van der Waals surface area contributed by atoms with Crippen LogP contribution in [0.15, 0.2) is 22.7 Å². The van der Waals surface area contributed by atoms with Gasteiger partial charge < -0.3 is 4.90 Å². The molecule has 0 aromatic heterocycles. The van der Waals surface area contributed by atoms with Gasteiger partial charge in [0.15, 0.2) is 0 Å². The topological polar surface area (TPSA) is 3.24 Å². The summed E-state index contributed by atoms with van der Waals surface area (Å²) in [5, 5.41) is 0. The van der Waals surface area contributed by atoms with E-state index in [-0.39, 0.29) is 5.41 Å². The molecule has 2 heteroatoms. The second-order valence-corrected chi connectivity index (χ2v) is 7.26. The Balaban J connectivity index is 3.21. The van der Waals surface area contributed by atoms with Crippen molar-refractivity contribution >= 4 is 21.6 Å². The molecule has 0 spiro atoms. The van der Waals surface area contributed by atoms with Crippen molar-refractivity contribution in [2.24, 2.45) is 5.92 Å². The number of benzene rings is 1. The molecule has 0 saturated carbocycles. The molecule has 0 aliphatic heterocycles. The van der Waals surface area contributed by atoms with E-state index >= 15 is 0 Å². The summed E-state index contributed by atoms with van der Waals surface area (Å²) >= 11 is 3.59. The molecule has 0 unspecified atom stereocenters. The maximum atomic E-state index is 3.59. The lowest BCUT2D eigenvalue weighted by molar-refractivity contribution is 0.575. The molecule has 1 nitrogen and oxygen atoms in total. The van der Waals surface area contributed by atoms with E-state index in [4.69, 9.17) is 0 Å². The molecule has 0 fully saturated rings. The quantitative estimate of drug-likeness (QED) is 0.736. The highest BCUT2D eigenvalue weighted by atomic mass is 79.9. The van der Waals surface area contributed by atoms with Crippen LogP contribution in [0.5, 0.6) is 0 Å². The third-order valence-electron chi connectivity index (χ3n) is 3.07. The number of halogens is 1. The number of nitrogens with zero attached hydrogens (tertiary/aromatic N) is 1. The van der Waals surface area contributed by atoms with E-state index in [0.717, 1.165) is 17.6 Å². The lowest BCUT2D eigenvalue weighted by Gasteiger charge is -2.32. The van der Waals surface area contributed by atoms with E-state index in [0.29, 0.717) is 5.92 Å². The normalized spacial score (nSPS) is 12.0. The van der Waals surface area contributed by atoms with Gasteiger partial charge >= 0.3 is 0 Å². The van der Waals surface area contributed by atoms with Crippen LogP contribution in [-0.2, 0) is 5.41 Å². The average molecular weight is 312 g/mol. The SMILES string of the molecule is CCN(CC(C)C)c1ccc(Br)cc1C(C)(C)C. The summed E-state index contributed by atoms with van der Waals surface area (Å²) in [4.78, 5) is 2.48. The summed E-state index contributed by atoms with van der Waals surface area (Å²) in [5.74, 6) is 0.682. The van der Waals surface area contributed by atoms with E-state index < -0.39 is 0 Å². The molecular weight excluding hydrogens is 286 g/mol. The first kappa shape index (κ1) is 15.6. The zero-order chi connectivity index (χ0) is 13.9. The fourth-order valence-electron chi connectivity index (χ4n) is 2.22. The lowest BCUT2D eigenvalue weighted by atomic mass is 9.85. The molecule has 0 saturated heterocycles. The van der Waals surface area contributed by atoms with Crippen molar-refractivity contribution in [2.75, 3.05) is 18.0 Å². The largest absolute Gasteiger partial charge is 0.371 e. The molecule has 0 N–H and O–H groups in total. The van der Waals surface area contributed by atoms with Crippen molar-refractivity contribution in [3.63, 3.8) is 0 Å². The van der Waals surface area contributed by atoms with Crippen LogP contribution < -0.4 is 4.90 Å². The van der Waals surface area contributed by atoms with Crippen LogP contribution in [0.4, 0.5) is 5.69 Å². The summed E-state index contributed by atoms with van der Waals surface area (Å²) in [6.07, 6.45) is 0. The minimum absolute atomic E-state index is 0.170. The van der Waals surface area contributed by atoms with Gasteiger partial charge in [0, 0.05) is 23.2 Å². The van der Waals surface area contributed by atoms with Crippen LogP contribution in [-0.4, -0.2) is 13.1 Å². The summed E-state index contributed by atoms with van der Waals surface area (Å²) in [5.41, 5.74) is 2.96. The van der Waals surface area contributed by atoms with E-state index in [9.17, 15) is 0 Å². The van der Waals surface area contributed by atoms with Crippen LogP contribution in [0.2, 0.25) is 0 Å². The Bertz CT molecular complexity index is 391. The zero-order valence-corrected chi connectivity index (χ0v) is 14.1. The molecule has 0 bridgehead atoms. The van der Waals surface area contributed by atoms with Crippen molar-refractivity contribution in [3.05, 3.63) is 28.2 Å². The van der Waals surface area contributed by atoms with Crippen LogP contribution in [0.1, 0.15) is 47.1 Å². The van der Waals surface area contributed by atoms with Gasteiger partial charge in [0.05, 0.1) is 0 Å². The van der Waals surface area contributed by atoms with Gasteiger partial charge in [0.2, 0.25) is 0 Å². The molecule has 1 aromatic rings. The molecule has 0 radical (unpaired) electrons. The summed E-state index contributed by atoms with van der Waals surface area (Å²) < 4.78 is 1.16. The first-order chi connectivity index (χ1) is 8.25. The number of rotatable bonds is 4. The molecule has 102 valence electrons. The predicted octanol–water partition coefficient (Wildman–Crippen LogP) is 5.23. The third-order valence-corrected chi connectivity index (χ3v) is 3.57. The van der Waals surface area contributed by atoms with Gasteiger partial charge in [0.1, 0.15) is 0 Å². The van der Waals surface area contributed by atoms with Gasteiger partial charge in [-0.3, -0.25) is 0 Å². The standard InChI is InChI=1S/C16H26BrN/c1-7-18(11-12(2)3)15-9-8-13(17)10-14(15)16(4,5)6/h8-10,12H,7,11H2,1-6H3. The van der Waals surface area contributed by atoms with Crippen molar-refractivity contribution in [1.29, 1.82) is 0 Å². The Labute approximate surface area is 121 Å². The summed E-state index contributed by atoms with van der Waals surface area (Å²) in [7, 11) is 0. The minimum atomic E-state index is 0.170. The van der Waals surface area contributed by atoms with E-state index in [1.807, 2.05) is 0 Å². The van der Waals surface area contributed by atoms with E-state index in [2.05, 4.69) is 80.6 Å². The molecule has 1 aromatic carbocycles. The molecule has 18 heavy (non-hydrogen) atoms. The Morgan fingerprint density at radius 3 is 2.28 bits per heavy atom. The second-order valence-electron chi connectivity index (χ2n) is 6.34. The zero-order valence-electron chi connectivity index (χ0n) is 12.5. The van der Waals surface area contributed by atoms with Gasteiger partial charge in [-0.2, -0.15) is 0 Å². The van der Waals surface area contributed by atoms with Gasteiger partial charge in [-0.05, 0) is 42.0 Å². The average Bonchev–Trinajstić information content (AvgIpc) is 2.24. The van der Waals surface area contributed by atoms with Crippen LogP contribution in [0, 0.1) is 5.92 Å². The Morgan fingerprint density at radius 2 is 1.83 bits per heavy atom. The molecule has 0 atom stereocenters. The van der Waals surface area contributed by atoms with Crippen molar-refractivity contribution < 1.29 is 0 Å². The second kappa shape index (κ2) is 6.10. The van der Waals surface area contributed by atoms with Crippen molar-refractivity contribution in [1.82, 2.24) is 0 Å². The highest BCUT2D eigenvalue weighted by Gasteiger charge is 2.21. The molecule has 1 rings (SSSR count). The van der Waals surface area contributed by atoms with Crippen molar-refractivity contribution in [2.45, 2.75) is 47.0 Å².